The Bertz CT molecular complexity index is 1390. The first-order valence-electron chi connectivity index (χ1n) is 11.1. The molecule has 172 valence electrons. The van der Waals surface area contributed by atoms with Crippen molar-refractivity contribution in [2.75, 3.05) is 0 Å². The van der Waals surface area contributed by atoms with Gasteiger partial charge in [-0.05, 0) is 62.2 Å². The standard InChI is InChI=1S/C27H26N4O3/c1-18(2)31-27(33)24-7-5-4-6-23(24)25(30-31)26(32)29-28-16-20-12-14-22(15-13-20)34-17-21-10-8-19(3)9-11-21/h4-16,18H,17H2,1-3H3,(H,29,32)/b28-16+. The van der Waals surface area contributed by atoms with Crippen LogP contribution in [-0.4, -0.2) is 21.9 Å². The number of benzene rings is 3. The van der Waals surface area contributed by atoms with Gasteiger partial charge in [-0.25, -0.2) is 10.1 Å². The highest BCUT2D eigenvalue weighted by molar-refractivity contribution is 6.05. The SMILES string of the molecule is Cc1ccc(COc2ccc(/C=N/NC(=O)c3nn(C(C)C)c(=O)c4ccccc34)cc2)cc1. The van der Waals surface area contributed by atoms with Gasteiger partial charge >= 0.3 is 0 Å². The molecule has 0 atom stereocenters. The molecule has 3 aromatic carbocycles. The van der Waals surface area contributed by atoms with E-state index in [9.17, 15) is 9.59 Å². The van der Waals surface area contributed by atoms with Gasteiger partial charge in [0.25, 0.3) is 11.5 Å². The van der Waals surface area contributed by atoms with E-state index >= 15 is 0 Å². The molecule has 1 heterocycles. The molecule has 1 N–H and O–H groups in total. The number of fused-ring (bicyclic) bond motifs is 1. The fourth-order valence-corrected chi connectivity index (χ4v) is 3.44. The number of nitrogens with one attached hydrogen (secondary N) is 1. The summed E-state index contributed by atoms with van der Waals surface area (Å²) >= 11 is 0. The fraction of sp³-hybridized carbons (Fsp3) is 0.185. The van der Waals surface area contributed by atoms with Crippen molar-refractivity contribution >= 4 is 22.9 Å². The molecule has 0 aliphatic rings. The minimum Gasteiger partial charge on any atom is -0.489 e. The van der Waals surface area contributed by atoms with Crippen molar-refractivity contribution in [3.05, 3.63) is 106 Å². The van der Waals surface area contributed by atoms with Crippen molar-refractivity contribution in [1.29, 1.82) is 0 Å². The van der Waals surface area contributed by atoms with E-state index in [1.807, 2.05) is 50.2 Å². The Morgan fingerprint density at radius 1 is 1.03 bits per heavy atom. The van der Waals surface area contributed by atoms with Gasteiger partial charge in [-0.3, -0.25) is 9.59 Å². The monoisotopic (exact) mass is 454 g/mol. The number of hydrazone groups is 1. The number of hydrogen-bond donors (Lipinski definition) is 1. The second-order valence-corrected chi connectivity index (χ2v) is 8.28. The lowest BCUT2D eigenvalue weighted by atomic mass is 10.1. The predicted molar refractivity (Wildman–Crippen MR) is 133 cm³/mol. The van der Waals surface area contributed by atoms with Crippen LogP contribution in [0.2, 0.25) is 0 Å². The Morgan fingerprint density at radius 3 is 2.38 bits per heavy atom. The van der Waals surface area contributed by atoms with E-state index in [4.69, 9.17) is 4.74 Å². The molecule has 7 heteroatoms. The maximum atomic E-state index is 12.8. The van der Waals surface area contributed by atoms with Crippen LogP contribution in [0.5, 0.6) is 5.75 Å². The fourth-order valence-electron chi connectivity index (χ4n) is 3.44. The van der Waals surface area contributed by atoms with Crippen LogP contribution in [0, 0.1) is 6.92 Å². The van der Waals surface area contributed by atoms with Crippen LogP contribution in [0.3, 0.4) is 0 Å². The summed E-state index contributed by atoms with van der Waals surface area (Å²) in [6.07, 6.45) is 1.54. The number of nitrogens with zero attached hydrogens (tertiary/aromatic N) is 3. The maximum absolute atomic E-state index is 12.8. The Balaban J connectivity index is 1.43. The van der Waals surface area contributed by atoms with Crippen molar-refractivity contribution < 1.29 is 9.53 Å². The summed E-state index contributed by atoms with van der Waals surface area (Å²) in [5.74, 6) is 0.258. The van der Waals surface area contributed by atoms with Gasteiger partial charge < -0.3 is 4.74 Å². The lowest BCUT2D eigenvalue weighted by Crippen LogP contribution is -2.30. The average Bonchev–Trinajstić information content (AvgIpc) is 2.84. The predicted octanol–water partition coefficient (Wildman–Crippen LogP) is 4.63. The van der Waals surface area contributed by atoms with E-state index in [1.54, 1.807) is 30.5 Å². The lowest BCUT2D eigenvalue weighted by Gasteiger charge is -2.12. The van der Waals surface area contributed by atoms with Crippen LogP contribution in [0.15, 0.2) is 82.7 Å². The lowest BCUT2D eigenvalue weighted by molar-refractivity contribution is 0.0949. The van der Waals surface area contributed by atoms with Gasteiger partial charge in [0.2, 0.25) is 0 Å². The zero-order valence-corrected chi connectivity index (χ0v) is 19.4. The highest BCUT2D eigenvalue weighted by Gasteiger charge is 2.17. The largest absolute Gasteiger partial charge is 0.489 e. The molecule has 4 aromatic rings. The van der Waals surface area contributed by atoms with Gasteiger partial charge in [-0.15, -0.1) is 0 Å². The third kappa shape index (κ3) is 5.20. The number of aryl methyl sites for hydroxylation is 1. The minimum atomic E-state index is -0.486. The summed E-state index contributed by atoms with van der Waals surface area (Å²) in [4.78, 5) is 25.4. The molecule has 0 radical (unpaired) electrons. The number of carbonyl (C=O) groups excluding carboxylic acids is 1. The molecule has 0 bridgehead atoms. The number of aromatic nitrogens is 2. The first-order chi connectivity index (χ1) is 16.4. The quantitative estimate of drug-likeness (QED) is 0.326. The molecule has 7 nitrogen and oxygen atoms in total. The smallest absolute Gasteiger partial charge is 0.292 e. The van der Waals surface area contributed by atoms with Gasteiger partial charge in [-0.2, -0.15) is 10.2 Å². The third-order valence-corrected chi connectivity index (χ3v) is 5.32. The number of amides is 1. The van der Waals surface area contributed by atoms with E-state index in [0.717, 1.165) is 16.9 Å². The maximum Gasteiger partial charge on any atom is 0.292 e. The van der Waals surface area contributed by atoms with Crippen LogP contribution in [0.25, 0.3) is 10.8 Å². The van der Waals surface area contributed by atoms with Crippen LogP contribution < -0.4 is 15.7 Å². The summed E-state index contributed by atoms with van der Waals surface area (Å²) in [6, 6.07) is 22.4. The topological polar surface area (TPSA) is 85.6 Å². The van der Waals surface area contributed by atoms with E-state index in [-0.39, 0.29) is 17.3 Å². The zero-order chi connectivity index (χ0) is 24.1. The Morgan fingerprint density at radius 2 is 1.71 bits per heavy atom. The van der Waals surface area contributed by atoms with Crippen LogP contribution >= 0.6 is 0 Å². The van der Waals surface area contributed by atoms with Crippen molar-refractivity contribution in [3.63, 3.8) is 0 Å². The average molecular weight is 455 g/mol. The van der Waals surface area contributed by atoms with Gasteiger partial charge in [0, 0.05) is 5.39 Å². The molecule has 0 saturated carbocycles. The highest BCUT2D eigenvalue weighted by Crippen LogP contribution is 2.16. The van der Waals surface area contributed by atoms with Crippen LogP contribution in [0.1, 0.15) is 47.1 Å². The van der Waals surface area contributed by atoms with Gasteiger partial charge in [0.05, 0.1) is 17.6 Å². The summed E-state index contributed by atoms with van der Waals surface area (Å²) < 4.78 is 7.13. The molecule has 0 aliphatic carbocycles. The molecule has 4 rings (SSSR count). The van der Waals surface area contributed by atoms with Gasteiger partial charge in [0.15, 0.2) is 5.69 Å². The molecule has 1 amide bonds. The molecule has 1 aromatic heterocycles. The molecule has 0 spiro atoms. The van der Waals surface area contributed by atoms with Gasteiger partial charge in [-0.1, -0.05) is 48.0 Å². The second kappa shape index (κ2) is 10.1. The molecule has 0 aliphatic heterocycles. The van der Waals surface area contributed by atoms with Crippen molar-refractivity contribution in [2.24, 2.45) is 5.10 Å². The Kier molecular flexibility index (Phi) is 6.82. The molecular weight excluding hydrogens is 428 g/mol. The normalized spacial score (nSPS) is 11.3. The number of rotatable bonds is 7. The van der Waals surface area contributed by atoms with E-state index in [0.29, 0.717) is 17.4 Å². The first kappa shape index (κ1) is 22.9. The van der Waals surface area contributed by atoms with E-state index < -0.39 is 5.91 Å². The summed E-state index contributed by atoms with van der Waals surface area (Å²) in [5, 5.41) is 9.29. The summed E-state index contributed by atoms with van der Waals surface area (Å²) in [5.41, 5.74) is 5.55. The first-order valence-corrected chi connectivity index (χ1v) is 11.1. The van der Waals surface area contributed by atoms with E-state index in [2.05, 4.69) is 34.7 Å². The van der Waals surface area contributed by atoms with Crippen LogP contribution in [-0.2, 0) is 6.61 Å². The van der Waals surface area contributed by atoms with E-state index in [1.165, 1.54) is 10.2 Å². The zero-order valence-electron chi connectivity index (χ0n) is 19.4. The molecule has 0 unspecified atom stereocenters. The number of ether oxygens (including phenoxy) is 1. The molecule has 0 saturated heterocycles. The third-order valence-electron chi connectivity index (χ3n) is 5.32. The number of carbonyl (C=O) groups is 1. The minimum absolute atomic E-state index is 0.154. The second-order valence-electron chi connectivity index (χ2n) is 8.28. The molecular formula is C27H26N4O3. The molecule has 0 fully saturated rings. The van der Waals surface area contributed by atoms with Crippen molar-refractivity contribution in [2.45, 2.75) is 33.4 Å². The number of hydrogen-bond acceptors (Lipinski definition) is 5. The summed E-state index contributed by atoms with van der Waals surface area (Å²) in [6.45, 7) is 6.23. The van der Waals surface area contributed by atoms with Crippen molar-refractivity contribution in [1.82, 2.24) is 15.2 Å². The Labute approximate surface area is 197 Å². The van der Waals surface area contributed by atoms with Gasteiger partial charge in [0.1, 0.15) is 12.4 Å². The Hall–Kier alpha value is -4.26. The van der Waals surface area contributed by atoms with Crippen LogP contribution in [0.4, 0.5) is 0 Å². The highest BCUT2D eigenvalue weighted by atomic mass is 16.5. The van der Waals surface area contributed by atoms with Crippen molar-refractivity contribution in [3.8, 4) is 5.75 Å². The molecule has 34 heavy (non-hydrogen) atoms. The summed E-state index contributed by atoms with van der Waals surface area (Å²) in [7, 11) is 0.